The molecule has 6 nitrogen and oxygen atoms in total. The van der Waals surface area contributed by atoms with Crippen LogP contribution in [-0.4, -0.2) is 34.0 Å². The Hall–Kier alpha value is -1.47. The maximum absolute atomic E-state index is 10.9. The second-order valence-corrected chi connectivity index (χ2v) is 5.18. The van der Waals surface area contributed by atoms with Gasteiger partial charge in [-0.25, -0.2) is 0 Å². The quantitative estimate of drug-likeness (QED) is 0.677. The Labute approximate surface area is 111 Å². The number of rotatable bonds is 4. The van der Waals surface area contributed by atoms with Gasteiger partial charge in [0.2, 0.25) is 0 Å². The fraction of sp³-hybridized carbons (Fsp3) is 0.364. The van der Waals surface area contributed by atoms with Crippen molar-refractivity contribution in [2.45, 2.75) is 6.54 Å². The van der Waals surface area contributed by atoms with Crippen LogP contribution in [0.15, 0.2) is 22.7 Å². The molecule has 2 rings (SSSR count). The van der Waals surface area contributed by atoms with Crippen LogP contribution >= 0.6 is 15.9 Å². The van der Waals surface area contributed by atoms with Gasteiger partial charge in [0, 0.05) is 35.7 Å². The van der Waals surface area contributed by atoms with Crippen molar-refractivity contribution in [2.75, 3.05) is 13.1 Å². The SMILES string of the molecule is O=C(O)C1CN(Cc2ccc(Br)cc2[N+](=O)[O-])C1. The topological polar surface area (TPSA) is 83.7 Å². The Morgan fingerprint density at radius 3 is 2.78 bits per heavy atom. The molecular weight excluding hydrogens is 304 g/mol. The van der Waals surface area contributed by atoms with Crippen molar-refractivity contribution >= 4 is 27.6 Å². The van der Waals surface area contributed by atoms with Gasteiger partial charge in [0.25, 0.3) is 5.69 Å². The molecular formula is C11H11BrN2O4. The summed E-state index contributed by atoms with van der Waals surface area (Å²) in [7, 11) is 0. The van der Waals surface area contributed by atoms with Crippen LogP contribution in [0.25, 0.3) is 0 Å². The van der Waals surface area contributed by atoms with Gasteiger partial charge >= 0.3 is 5.97 Å². The first-order valence-corrected chi connectivity index (χ1v) is 6.14. The van der Waals surface area contributed by atoms with Crippen molar-refractivity contribution < 1.29 is 14.8 Å². The average Bonchev–Trinajstić information content (AvgIpc) is 2.23. The minimum absolute atomic E-state index is 0.0585. The van der Waals surface area contributed by atoms with E-state index in [9.17, 15) is 14.9 Å². The summed E-state index contributed by atoms with van der Waals surface area (Å²) in [6, 6.07) is 4.90. The van der Waals surface area contributed by atoms with Crippen LogP contribution < -0.4 is 0 Å². The molecule has 1 saturated heterocycles. The molecule has 1 fully saturated rings. The number of aliphatic carboxylic acids is 1. The van der Waals surface area contributed by atoms with Crippen molar-refractivity contribution in [1.82, 2.24) is 4.90 Å². The lowest BCUT2D eigenvalue weighted by atomic mass is 9.99. The summed E-state index contributed by atoms with van der Waals surface area (Å²) in [5, 5.41) is 19.7. The molecule has 1 N–H and O–H groups in total. The Kier molecular flexibility index (Phi) is 3.63. The zero-order chi connectivity index (χ0) is 13.3. The van der Waals surface area contributed by atoms with Gasteiger partial charge in [-0.05, 0) is 12.1 Å². The molecule has 1 heterocycles. The third kappa shape index (κ3) is 2.68. The minimum atomic E-state index is -0.809. The molecule has 96 valence electrons. The number of benzene rings is 1. The molecule has 1 aliphatic rings. The number of carboxylic acid groups (broad SMARTS) is 1. The highest BCUT2D eigenvalue weighted by atomic mass is 79.9. The van der Waals surface area contributed by atoms with Crippen LogP contribution in [0.5, 0.6) is 0 Å². The number of carbonyl (C=O) groups is 1. The van der Waals surface area contributed by atoms with Gasteiger partial charge in [-0.1, -0.05) is 15.9 Å². The molecule has 18 heavy (non-hydrogen) atoms. The van der Waals surface area contributed by atoms with Crippen molar-refractivity contribution in [3.63, 3.8) is 0 Å². The first-order valence-electron chi connectivity index (χ1n) is 5.35. The van der Waals surface area contributed by atoms with E-state index in [4.69, 9.17) is 5.11 Å². The molecule has 7 heteroatoms. The highest BCUT2D eigenvalue weighted by Crippen LogP contribution is 2.27. The van der Waals surface area contributed by atoms with Gasteiger partial charge < -0.3 is 5.11 Å². The van der Waals surface area contributed by atoms with Crippen LogP contribution in [0.3, 0.4) is 0 Å². The van der Waals surface area contributed by atoms with Crippen LogP contribution in [-0.2, 0) is 11.3 Å². The van der Waals surface area contributed by atoms with E-state index in [1.165, 1.54) is 6.07 Å². The first-order chi connectivity index (χ1) is 8.47. The highest BCUT2D eigenvalue weighted by molar-refractivity contribution is 9.10. The molecule has 0 radical (unpaired) electrons. The molecule has 1 aromatic rings. The van der Waals surface area contributed by atoms with Crippen LogP contribution in [0.1, 0.15) is 5.56 Å². The van der Waals surface area contributed by atoms with Gasteiger partial charge in [0.1, 0.15) is 0 Å². The molecule has 0 bridgehead atoms. The third-order valence-electron chi connectivity index (χ3n) is 2.94. The van der Waals surface area contributed by atoms with Crippen molar-refractivity contribution in [2.24, 2.45) is 5.92 Å². The van der Waals surface area contributed by atoms with E-state index in [-0.39, 0.29) is 11.6 Å². The predicted molar refractivity (Wildman–Crippen MR) is 67.2 cm³/mol. The number of carboxylic acids is 1. The number of hydrogen-bond acceptors (Lipinski definition) is 4. The van der Waals surface area contributed by atoms with E-state index in [1.807, 2.05) is 4.90 Å². The summed E-state index contributed by atoms with van der Waals surface area (Å²) in [6.45, 7) is 1.30. The Morgan fingerprint density at radius 1 is 1.56 bits per heavy atom. The lowest BCUT2D eigenvalue weighted by Gasteiger charge is -2.36. The van der Waals surface area contributed by atoms with E-state index in [1.54, 1.807) is 12.1 Å². The monoisotopic (exact) mass is 314 g/mol. The Morgan fingerprint density at radius 2 is 2.22 bits per heavy atom. The molecule has 0 atom stereocenters. The van der Waals surface area contributed by atoms with E-state index >= 15 is 0 Å². The second-order valence-electron chi connectivity index (χ2n) is 4.26. The maximum Gasteiger partial charge on any atom is 0.309 e. The summed E-state index contributed by atoms with van der Waals surface area (Å²) in [6.07, 6.45) is 0. The lowest BCUT2D eigenvalue weighted by Crippen LogP contribution is -2.49. The van der Waals surface area contributed by atoms with E-state index in [0.29, 0.717) is 29.7 Å². The second kappa shape index (κ2) is 5.03. The van der Waals surface area contributed by atoms with Gasteiger partial charge in [0.15, 0.2) is 0 Å². The Bertz CT molecular complexity index is 500. The Balaban J connectivity index is 2.07. The molecule has 0 spiro atoms. The molecule has 0 aromatic heterocycles. The summed E-state index contributed by atoms with van der Waals surface area (Å²) >= 11 is 3.19. The maximum atomic E-state index is 10.9. The molecule has 1 aromatic carbocycles. The fourth-order valence-corrected chi connectivity index (χ4v) is 2.29. The van der Waals surface area contributed by atoms with Gasteiger partial charge in [0.05, 0.1) is 10.8 Å². The molecule has 0 amide bonds. The largest absolute Gasteiger partial charge is 0.481 e. The molecule has 0 unspecified atom stereocenters. The fourth-order valence-electron chi connectivity index (χ4n) is 1.94. The van der Waals surface area contributed by atoms with E-state index in [0.717, 1.165) is 0 Å². The number of halogens is 1. The number of nitro groups is 1. The molecule has 1 aliphatic heterocycles. The standard InChI is InChI=1S/C11H11BrN2O4/c12-9-2-1-7(10(3-9)14(17)18)4-13-5-8(6-13)11(15)16/h1-3,8H,4-6H2,(H,15,16). The summed E-state index contributed by atoms with van der Waals surface area (Å²) in [5.74, 6) is -1.16. The van der Waals surface area contributed by atoms with Gasteiger partial charge in [-0.15, -0.1) is 0 Å². The normalized spacial score (nSPS) is 16.3. The van der Waals surface area contributed by atoms with Crippen LogP contribution in [0.4, 0.5) is 5.69 Å². The molecule has 0 saturated carbocycles. The van der Waals surface area contributed by atoms with Crippen molar-refractivity contribution in [3.05, 3.63) is 38.3 Å². The van der Waals surface area contributed by atoms with Crippen molar-refractivity contribution in [1.29, 1.82) is 0 Å². The van der Waals surface area contributed by atoms with Gasteiger partial charge in [-0.2, -0.15) is 0 Å². The number of hydrogen-bond donors (Lipinski definition) is 1. The smallest absolute Gasteiger partial charge is 0.309 e. The van der Waals surface area contributed by atoms with Crippen molar-refractivity contribution in [3.8, 4) is 0 Å². The predicted octanol–water partition coefficient (Wildman–Crippen LogP) is 1.87. The average molecular weight is 315 g/mol. The number of nitrogens with zero attached hydrogens (tertiary/aromatic N) is 2. The van der Waals surface area contributed by atoms with E-state index < -0.39 is 10.9 Å². The molecule has 0 aliphatic carbocycles. The summed E-state index contributed by atoms with van der Waals surface area (Å²) in [4.78, 5) is 23.0. The van der Waals surface area contributed by atoms with Gasteiger partial charge in [-0.3, -0.25) is 19.8 Å². The van der Waals surface area contributed by atoms with Crippen LogP contribution in [0, 0.1) is 16.0 Å². The van der Waals surface area contributed by atoms with E-state index in [2.05, 4.69) is 15.9 Å². The minimum Gasteiger partial charge on any atom is -0.481 e. The summed E-state index contributed by atoms with van der Waals surface area (Å²) in [5.41, 5.74) is 0.662. The highest BCUT2D eigenvalue weighted by Gasteiger charge is 2.33. The zero-order valence-electron chi connectivity index (χ0n) is 9.38. The first kappa shape index (κ1) is 13.0. The van der Waals surface area contributed by atoms with Crippen LogP contribution in [0.2, 0.25) is 0 Å². The zero-order valence-corrected chi connectivity index (χ0v) is 11.0. The number of likely N-dealkylation sites (tertiary alicyclic amines) is 1. The lowest BCUT2D eigenvalue weighted by molar-refractivity contribution is -0.385. The third-order valence-corrected chi connectivity index (χ3v) is 3.44. The number of nitro benzene ring substituents is 1. The summed E-state index contributed by atoms with van der Waals surface area (Å²) < 4.78 is 0.657.